The summed E-state index contributed by atoms with van der Waals surface area (Å²) in [6.45, 7) is 8.61. The van der Waals surface area contributed by atoms with Gasteiger partial charge in [0.15, 0.2) is 0 Å². The molecule has 0 spiro atoms. The molecule has 0 aliphatic carbocycles. The van der Waals surface area contributed by atoms with Crippen LogP contribution in [-0.4, -0.2) is 45.8 Å². The van der Waals surface area contributed by atoms with Crippen LogP contribution in [0.1, 0.15) is 38.3 Å². The Labute approximate surface area is 125 Å². The summed E-state index contributed by atoms with van der Waals surface area (Å²) in [6, 6.07) is 0. The minimum absolute atomic E-state index is 0.115. The number of rotatable bonds is 8. The number of anilines is 1. The number of aromatic nitrogens is 2. The van der Waals surface area contributed by atoms with Gasteiger partial charge in [0, 0.05) is 13.1 Å². The third-order valence-electron chi connectivity index (χ3n) is 3.86. The van der Waals surface area contributed by atoms with Gasteiger partial charge in [-0.3, -0.25) is 10.1 Å². The highest BCUT2D eigenvalue weighted by Gasteiger charge is 2.24. The summed E-state index contributed by atoms with van der Waals surface area (Å²) in [4.78, 5) is 13.3. The van der Waals surface area contributed by atoms with Crippen LogP contribution in [0.5, 0.6) is 0 Å². The van der Waals surface area contributed by atoms with Gasteiger partial charge in [0.1, 0.15) is 5.69 Å². The largest absolute Gasteiger partial charge is 0.364 e. The molecule has 1 aliphatic heterocycles. The van der Waals surface area contributed by atoms with Crippen molar-refractivity contribution in [2.45, 2.75) is 46.1 Å². The van der Waals surface area contributed by atoms with E-state index in [-0.39, 0.29) is 10.6 Å². The van der Waals surface area contributed by atoms with Crippen LogP contribution in [0.2, 0.25) is 0 Å². The number of nitrogens with one attached hydrogen (secondary N) is 1. The molecule has 0 saturated carbocycles. The fraction of sp³-hybridized carbons (Fsp3) is 0.786. The summed E-state index contributed by atoms with van der Waals surface area (Å²) in [5, 5.41) is 18.7. The maximum Gasteiger partial charge on any atom is 0.333 e. The van der Waals surface area contributed by atoms with Crippen LogP contribution in [0.4, 0.5) is 11.5 Å². The first-order valence-electron chi connectivity index (χ1n) is 7.81. The van der Waals surface area contributed by atoms with Crippen LogP contribution in [0, 0.1) is 17.0 Å². The lowest BCUT2D eigenvalue weighted by Crippen LogP contribution is -2.22. The van der Waals surface area contributed by atoms with Crippen molar-refractivity contribution >= 4 is 11.5 Å². The summed E-state index contributed by atoms with van der Waals surface area (Å²) in [5.41, 5.74) is 0.597. The fourth-order valence-electron chi connectivity index (χ4n) is 2.85. The maximum absolute atomic E-state index is 11.2. The van der Waals surface area contributed by atoms with E-state index in [1.165, 1.54) is 25.9 Å². The number of hydrogen-bond donors (Lipinski definition) is 1. The van der Waals surface area contributed by atoms with Crippen molar-refractivity contribution in [1.29, 1.82) is 0 Å². The topological polar surface area (TPSA) is 76.2 Å². The molecule has 1 aromatic rings. The lowest BCUT2D eigenvalue weighted by Gasteiger charge is -2.14. The average molecular weight is 295 g/mol. The van der Waals surface area contributed by atoms with Crippen LogP contribution < -0.4 is 5.32 Å². The third kappa shape index (κ3) is 3.93. The fourth-order valence-corrected chi connectivity index (χ4v) is 2.85. The highest BCUT2D eigenvalue weighted by atomic mass is 16.6. The van der Waals surface area contributed by atoms with E-state index in [2.05, 4.69) is 15.3 Å². The lowest BCUT2D eigenvalue weighted by molar-refractivity contribution is -0.384. The number of likely N-dealkylation sites (tertiary alicyclic amines) is 1. The molecule has 2 rings (SSSR count). The predicted molar refractivity (Wildman–Crippen MR) is 82.7 cm³/mol. The molecule has 0 unspecified atom stereocenters. The number of aryl methyl sites for hydroxylation is 2. The molecule has 118 valence electrons. The molecule has 1 aromatic heterocycles. The number of nitrogens with zero attached hydrogens (tertiary/aromatic N) is 4. The van der Waals surface area contributed by atoms with Gasteiger partial charge in [-0.15, -0.1) is 0 Å². The first-order valence-corrected chi connectivity index (χ1v) is 7.81. The van der Waals surface area contributed by atoms with Gasteiger partial charge in [0.05, 0.1) is 4.92 Å². The third-order valence-corrected chi connectivity index (χ3v) is 3.86. The molecule has 1 fully saturated rings. The highest BCUT2D eigenvalue weighted by Crippen LogP contribution is 2.28. The van der Waals surface area contributed by atoms with Crippen molar-refractivity contribution in [3.63, 3.8) is 0 Å². The highest BCUT2D eigenvalue weighted by molar-refractivity contribution is 5.59. The zero-order valence-electron chi connectivity index (χ0n) is 13.0. The van der Waals surface area contributed by atoms with Gasteiger partial charge in [-0.2, -0.15) is 5.10 Å². The second kappa shape index (κ2) is 7.40. The van der Waals surface area contributed by atoms with Crippen molar-refractivity contribution < 1.29 is 4.92 Å². The van der Waals surface area contributed by atoms with E-state index in [1.54, 1.807) is 11.6 Å². The first-order chi connectivity index (χ1) is 10.1. The van der Waals surface area contributed by atoms with Crippen molar-refractivity contribution in [2.75, 3.05) is 31.5 Å². The van der Waals surface area contributed by atoms with Gasteiger partial charge < -0.3 is 10.2 Å². The minimum Gasteiger partial charge on any atom is -0.364 e. The molecular formula is C14H25N5O2. The minimum atomic E-state index is -0.336. The summed E-state index contributed by atoms with van der Waals surface area (Å²) < 4.78 is 1.73. The summed E-state index contributed by atoms with van der Waals surface area (Å²) in [6.07, 6.45) is 4.48. The van der Waals surface area contributed by atoms with E-state index >= 15 is 0 Å². The van der Waals surface area contributed by atoms with Gasteiger partial charge in [0.2, 0.25) is 5.82 Å². The first kappa shape index (κ1) is 15.8. The Hall–Kier alpha value is -1.63. The molecule has 2 heterocycles. The standard InChI is InChI=1S/C14H25N5O2/c1-3-8-18-14(13(19(20)21)12(2)16-18)15-7-6-11-17-9-4-5-10-17/h15H,3-11H2,1-2H3. The van der Waals surface area contributed by atoms with Gasteiger partial charge in [0.25, 0.3) is 0 Å². The SMILES string of the molecule is CCCn1nc(C)c([N+](=O)[O-])c1NCCCN1CCCC1. The molecule has 21 heavy (non-hydrogen) atoms. The van der Waals surface area contributed by atoms with Gasteiger partial charge in [-0.1, -0.05) is 6.92 Å². The molecule has 1 N–H and O–H groups in total. The summed E-state index contributed by atoms with van der Waals surface area (Å²) in [7, 11) is 0. The Kier molecular flexibility index (Phi) is 5.55. The monoisotopic (exact) mass is 295 g/mol. The van der Waals surface area contributed by atoms with Crippen LogP contribution in [0.3, 0.4) is 0 Å². The Morgan fingerprint density at radius 1 is 1.33 bits per heavy atom. The number of hydrogen-bond acceptors (Lipinski definition) is 5. The van der Waals surface area contributed by atoms with E-state index in [0.717, 1.165) is 25.9 Å². The van der Waals surface area contributed by atoms with Crippen molar-refractivity contribution in [1.82, 2.24) is 14.7 Å². The molecule has 7 heteroatoms. The Morgan fingerprint density at radius 2 is 2.05 bits per heavy atom. The predicted octanol–water partition coefficient (Wildman–Crippen LogP) is 2.41. The summed E-state index contributed by atoms with van der Waals surface area (Å²) >= 11 is 0. The van der Waals surface area contributed by atoms with Crippen LogP contribution in [0.25, 0.3) is 0 Å². The normalized spacial score (nSPS) is 15.5. The molecule has 0 aromatic carbocycles. The second-order valence-electron chi connectivity index (χ2n) is 5.59. The van der Waals surface area contributed by atoms with Gasteiger partial charge in [-0.25, -0.2) is 4.68 Å². The van der Waals surface area contributed by atoms with E-state index < -0.39 is 0 Å². The van der Waals surface area contributed by atoms with Crippen LogP contribution >= 0.6 is 0 Å². The van der Waals surface area contributed by atoms with Crippen LogP contribution in [-0.2, 0) is 6.54 Å². The van der Waals surface area contributed by atoms with E-state index in [4.69, 9.17) is 0 Å². The van der Waals surface area contributed by atoms with E-state index in [1.807, 2.05) is 6.92 Å². The van der Waals surface area contributed by atoms with E-state index in [9.17, 15) is 10.1 Å². The smallest absolute Gasteiger partial charge is 0.333 e. The zero-order valence-corrected chi connectivity index (χ0v) is 13.0. The lowest BCUT2D eigenvalue weighted by atomic mass is 10.3. The Balaban J connectivity index is 1.94. The molecular weight excluding hydrogens is 270 g/mol. The van der Waals surface area contributed by atoms with Crippen molar-refractivity contribution in [2.24, 2.45) is 0 Å². The average Bonchev–Trinajstić information content (AvgIpc) is 3.03. The maximum atomic E-state index is 11.2. The molecule has 0 radical (unpaired) electrons. The molecule has 0 bridgehead atoms. The van der Waals surface area contributed by atoms with Crippen molar-refractivity contribution in [3.05, 3.63) is 15.8 Å². The summed E-state index contributed by atoms with van der Waals surface area (Å²) in [5.74, 6) is 0.556. The Bertz CT molecular complexity index is 480. The molecule has 0 amide bonds. The number of nitro groups is 1. The quantitative estimate of drug-likeness (QED) is 0.453. The molecule has 1 aliphatic rings. The molecule has 0 atom stereocenters. The molecule has 1 saturated heterocycles. The second-order valence-corrected chi connectivity index (χ2v) is 5.59. The molecule has 7 nitrogen and oxygen atoms in total. The Morgan fingerprint density at radius 3 is 2.67 bits per heavy atom. The van der Waals surface area contributed by atoms with Crippen LogP contribution in [0.15, 0.2) is 0 Å². The van der Waals surface area contributed by atoms with Gasteiger partial charge >= 0.3 is 5.69 Å². The van der Waals surface area contributed by atoms with Crippen molar-refractivity contribution in [3.8, 4) is 0 Å². The van der Waals surface area contributed by atoms with E-state index in [0.29, 0.717) is 18.1 Å². The zero-order chi connectivity index (χ0) is 15.2. The van der Waals surface area contributed by atoms with Gasteiger partial charge in [-0.05, 0) is 52.2 Å².